The summed E-state index contributed by atoms with van der Waals surface area (Å²) in [4.78, 5) is 28.8. The van der Waals surface area contributed by atoms with Crippen molar-refractivity contribution in [2.24, 2.45) is 0 Å². The van der Waals surface area contributed by atoms with Crippen molar-refractivity contribution in [2.75, 3.05) is 13.2 Å². The van der Waals surface area contributed by atoms with Crippen molar-refractivity contribution in [3.8, 4) is 5.75 Å². The first kappa shape index (κ1) is 26.4. The SMILES string of the molecule is CCCNC(=O)C(Cc1ccccc1)N(Cc1cccc(Br)c1)C(=O)COc1cccc2ccccc12. The van der Waals surface area contributed by atoms with E-state index >= 15 is 0 Å². The van der Waals surface area contributed by atoms with E-state index in [1.807, 2.05) is 104 Å². The minimum Gasteiger partial charge on any atom is -0.483 e. The molecule has 0 saturated carbocycles. The predicted octanol–water partition coefficient (Wildman–Crippen LogP) is 6.15. The highest BCUT2D eigenvalue weighted by molar-refractivity contribution is 9.10. The molecular weight excluding hydrogens is 528 g/mol. The standard InChI is InChI=1S/C31H31BrN2O3/c1-2-18-33-31(36)28(20-23-10-4-3-5-11-23)34(21-24-12-8-15-26(32)19-24)30(35)22-37-29-17-9-14-25-13-6-7-16-27(25)29/h3-17,19,28H,2,18,20-22H2,1H3,(H,33,36). The first-order valence-electron chi connectivity index (χ1n) is 12.5. The molecule has 0 aliphatic carbocycles. The quantitative estimate of drug-likeness (QED) is 0.240. The minimum absolute atomic E-state index is 0.167. The Morgan fingerprint density at radius 2 is 1.59 bits per heavy atom. The van der Waals surface area contributed by atoms with Gasteiger partial charge in [0.15, 0.2) is 6.61 Å². The van der Waals surface area contributed by atoms with Crippen LogP contribution in [0.3, 0.4) is 0 Å². The third kappa shape index (κ3) is 7.20. The second-order valence-corrected chi connectivity index (χ2v) is 9.83. The maximum atomic E-state index is 13.8. The highest BCUT2D eigenvalue weighted by Gasteiger charge is 2.30. The number of fused-ring (bicyclic) bond motifs is 1. The highest BCUT2D eigenvalue weighted by Crippen LogP contribution is 2.25. The molecule has 1 atom stereocenters. The Morgan fingerprint density at radius 1 is 0.892 bits per heavy atom. The number of nitrogens with zero attached hydrogens (tertiary/aromatic N) is 1. The predicted molar refractivity (Wildman–Crippen MR) is 151 cm³/mol. The van der Waals surface area contributed by atoms with Crippen molar-refractivity contribution in [2.45, 2.75) is 32.4 Å². The van der Waals surface area contributed by atoms with Crippen LogP contribution in [0.25, 0.3) is 10.8 Å². The second kappa shape index (κ2) is 13.1. The normalized spacial score (nSPS) is 11.6. The lowest BCUT2D eigenvalue weighted by molar-refractivity contribution is -0.142. The van der Waals surface area contributed by atoms with Crippen LogP contribution in [0, 0.1) is 0 Å². The summed E-state index contributed by atoms with van der Waals surface area (Å²) in [6.45, 7) is 2.67. The molecule has 0 saturated heterocycles. The lowest BCUT2D eigenvalue weighted by Gasteiger charge is -2.31. The molecule has 0 aliphatic heterocycles. The highest BCUT2D eigenvalue weighted by atomic mass is 79.9. The molecule has 37 heavy (non-hydrogen) atoms. The number of hydrogen-bond acceptors (Lipinski definition) is 3. The minimum atomic E-state index is -0.684. The van der Waals surface area contributed by atoms with Crippen molar-refractivity contribution in [3.05, 3.63) is 113 Å². The van der Waals surface area contributed by atoms with Gasteiger partial charge in [0.2, 0.25) is 5.91 Å². The van der Waals surface area contributed by atoms with Crippen LogP contribution in [-0.2, 0) is 22.6 Å². The van der Waals surface area contributed by atoms with Gasteiger partial charge in [-0.3, -0.25) is 9.59 Å². The number of hydrogen-bond donors (Lipinski definition) is 1. The third-order valence-corrected chi connectivity index (χ3v) is 6.66. The van der Waals surface area contributed by atoms with Gasteiger partial charge < -0.3 is 15.0 Å². The van der Waals surface area contributed by atoms with Crippen LogP contribution in [0.5, 0.6) is 5.75 Å². The van der Waals surface area contributed by atoms with Crippen LogP contribution >= 0.6 is 15.9 Å². The Bertz CT molecular complexity index is 1340. The molecule has 0 spiro atoms. The number of ether oxygens (including phenoxy) is 1. The summed E-state index contributed by atoms with van der Waals surface area (Å²) >= 11 is 3.52. The second-order valence-electron chi connectivity index (χ2n) is 8.91. The number of rotatable bonds is 11. The van der Waals surface area contributed by atoms with Crippen molar-refractivity contribution >= 4 is 38.5 Å². The Hall–Kier alpha value is -3.64. The van der Waals surface area contributed by atoms with Crippen molar-refractivity contribution in [1.29, 1.82) is 0 Å². The van der Waals surface area contributed by atoms with Gasteiger partial charge in [0.1, 0.15) is 11.8 Å². The average Bonchev–Trinajstić information content (AvgIpc) is 2.93. The molecule has 0 fully saturated rings. The average molecular weight is 560 g/mol. The topological polar surface area (TPSA) is 58.6 Å². The molecule has 1 unspecified atom stereocenters. The molecule has 0 bridgehead atoms. The van der Waals surface area contributed by atoms with Gasteiger partial charge in [-0.05, 0) is 41.1 Å². The van der Waals surface area contributed by atoms with E-state index in [2.05, 4.69) is 21.2 Å². The molecule has 190 valence electrons. The molecule has 5 nitrogen and oxygen atoms in total. The zero-order valence-electron chi connectivity index (χ0n) is 20.9. The van der Waals surface area contributed by atoms with Crippen LogP contribution in [0.4, 0.5) is 0 Å². The van der Waals surface area contributed by atoms with Crippen molar-refractivity contribution < 1.29 is 14.3 Å². The van der Waals surface area contributed by atoms with Gasteiger partial charge in [0.05, 0.1) is 0 Å². The van der Waals surface area contributed by atoms with Gasteiger partial charge in [0, 0.05) is 29.4 Å². The molecule has 0 heterocycles. The zero-order chi connectivity index (χ0) is 26.0. The van der Waals surface area contributed by atoms with E-state index in [0.717, 1.165) is 32.8 Å². The first-order chi connectivity index (χ1) is 18.0. The van der Waals surface area contributed by atoms with Crippen LogP contribution in [0.1, 0.15) is 24.5 Å². The Labute approximate surface area is 226 Å². The van der Waals surface area contributed by atoms with Crippen LogP contribution in [0.15, 0.2) is 102 Å². The number of amides is 2. The van der Waals surface area contributed by atoms with Gasteiger partial charge >= 0.3 is 0 Å². The summed E-state index contributed by atoms with van der Waals surface area (Å²) < 4.78 is 6.97. The fourth-order valence-corrected chi connectivity index (χ4v) is 4.74. The van der Waals surface area contributed by atoms with E-state index in [1.165, 1.54) is 0 Å². The molecule has 2 amide bonds. The van der Waals surface area contributed by atoms with E-state index in [4.69, 9.17) is 4.74 Å². The van der Waals surface area contributed by atoms with Gasteiger partial charge in [-0.15, -0.1) is 0 Å². The summed E-state index contributed by atoms with van der Waals surface area (Å²) in [6, 6.07) is 30.6. The molecule has 0 aliphatic rings. The summed E-state index contributed by atoms with van der Waals surface area (Å²) in [5.74, 6) is 0.226. The lowest BCUT2D eigenvalue weighted by atomic mass is 10.0. The number of carbonyl (C=O) groups is 2. The summed E-state index contributed by atoms with van der Waals surface area (Å²) in [5, 5.41) is 4.98. The Balaban J connectivity index is 1.63. The molecule has 4 aromatic rings. The van der Waals surface area contributed by atoms with Gasteiger partial charge in [-0.25, -0.2) is 0 Å². The van der Waals surface area contributed by atoms with Crippen LogP contribution in [-0.4, -0.2) is 35.9 Å². The van der Waals surface area contributed by atoms with Crippen LogP contribution < -0.4 is 10.1 Å². The summed E-state index contributed by atoms with van der Waals surface area (Å²) in [6.07, 6.45) is 1.22. The molecule has 4 rings (SSSR count). The monoisotopic (exact) mass is 558 g/mol. The smallest absolute Gasteiger partial charge is 0.261 e. The van der Waals surface area contributed by atoms with Crippen molar-refractivity contribution in [1.82, 2.24) is 10.2 Å². The molecule has 0 aromatic heterocycles. The molecule has 1 N–H and O–H groups in total. The molecule has 0 radical (unpaired) electrons. The number of halogens is 1. The summed E-state index contributed by atoms with van der Waals surface area (Å²) in [7, 11) is 0. The van der Waals surface area contributed by atoms with Gasteiger partial charge in [0.25, 0.3) is 5.91 Å². The van der Waals surface area contributed by atoms with E-state index in [1.54, 1.807) is 4.90 Å². The maximum absolute atomic E-state index is 13.8. The van der Waals surface area contributed by atoms with Crippen LogP contribution in [0.2, 0.25) is 0 Å². The van der Waals surface area contributed by atoms with Crippen molar-refractivity contribution in [3.63, 3.8) is 0 Å². The third-order valence-electron chi connectivity index (χ3n) is 6.16. The van der Waals surface area contributed by atoms with E-state index in [0.29, 0.717) is 18.7 Å². The van der Waals surface area contributed by atoms with Gasteiger partial charge in [-0.1, -0.05) is 102 Å². The lowest BCUT2D eigenvalue weighted by Crippen LogP contribution is -2.51. The maximum Gasteiger partial charge on any atom is 0.261 e. The van der Waals surface area contributed by atoms with E-state index in [9.17, 15) is 9.59 Å². The van der Waals surface area contributed by atoms with E-state index in [-0.39, 0.29) is 25.0 Å². The Kier molecular flexibility index (Phi) is 9.33. The molecule has 4 aromatic carbocycles. The number of benzene rings is 4. The summed E-state index contributed by atoms with van der Waals surface area (Å²) in [5.41, 5.74) is 1.91. The molecule has 6 heteroatoms. The number of nitrogens with one attached hydrogen (secondary N) is 1. The number of carbonyl (C=O) groups excluding carboxylic acids is 2. The van der Waals surface area contributed by atoms with Gasteiger partial charge in [-0.2, -0.15) is 0 Å². The largest absolute Gasteiger partial charge is 0.483 e. The first-order valence-corrected chi connectivity index (χ1v) is 13.3. The fraction of sp³-hybridized carbons (Fsp3) is 0.226. The Morgan fingerprint density at radius 3 is 2.38 bits per heavy atom. The zero-order valence-corrected chi connectivity index (χ0v) is 22.5. The fourth-order valence-electron chi connectivity index (χ4n) is 4.30. The molecular formula is C31H31BrN2O3. The van der Waals surface area contributed by atoms with E-state index < -0.39 is 6.04 Å².